The molecule has 5 nitrogen and oxygen atoms in total. The summed E-state index contributed by atoms with van der Waals surface area (Å²) < 4.78 is 0. The number of nitrogens with two attached hydrogens (primary N) is 2. The van der Waals surface area contributed by atoms with Crippen LogP contribution >= 0.6 is 0 Å². The van der Waals surface area contributed by atoms with E-state index in [2.05, 4.69) is 4.90 Å². The van der Waals surface area contributed by atoms with Gasteiger partial charge in [0.1, 0.15) is 0 Å². The van der Waals surface area contributed by atoms with E-state index in [1.54, 1.807) is 0 Å². The maximum Gasteiger partial charge on any atom is 0.307 e. The molecule has 0 bridgehead atoms. The van der Waals surface area contributed by atoms with Crippen LogP contribution in [0.3, 0.4) is 0 Å². The number of carbonyl (C=O) groups is 1. The fraction of sp³-hybridized carbons (Fsp3) is 0.462. The lowest BCUT2D eigenvalue weighted by Crippen LogP contribution is -2.32. The summed E-state index contributed by atoms with van der Waals surface area (Å²) >= 11 is 0. The SMILES string of the molecule is NC[C@@H](c1ccc(N)cc1)N1CC[C@@H](C(=O)O)C1. The number of nitrogen functional groups attached to an aromatic ring is 1. The van der Waals surface area contributed by atoms with Crippen LogP contribution in [0.15, 0.2) is 24.3 Å². The van der Waals surface area contributed by atoms with Gasteiger partial charge < -0.3 is 16.6 Å². The van der Waals surface area contributed by atoms with E-state index in [1.165, 1.54) is 0 Å². The van der Waals surface area contributed by atoms with Gasteiger partial charge in [-0.2, -0.15) is 0 Å². The van der Waals surface area contributed by atoms with Crippen molar-refractivity contribution in [3.8, 4) is 0 Å². The molecule has 1 aromatic carbocycles. The molecule has 0 radical (unpaired) electrons. The molecule has 1 aromatic rings. The molecule has 5 N–H and O–H groups in total. The highest BCUT2D eigenvalue weighted by Gasteiger charge is 2.32. The van der Waals surface area contributed by atoms with Gasteiger partial charge >= 0.3 is 5.97 Å². The summed E-state index contributed by atoms with van der Waals surface area (Å²) in [5.74, 6) is -0.988. The van der Waals surface area contributed by atoms with Crippen molar-refractivity contribution in [3.05, 3.63) is 29.8 Å². The van der Waals surface area contributed by atoms with Gasteiger partial charge in [0.05, 0.1) is 5.92 Å². The van der Waals surface area contributed by atoms with Gasteiger partial charge in [0.25, 0.3) is 0 Å². The zero-order valence-electron chi connectivity index (χ0n) is 10.2. The average molecular weight is 249 g/mol. The number of rotatable bonds is 4. The van der Waals surface area contributed by atoms with Gasteiger partial charge in [-0.1, -0.05) is 12.1 Å². The van der Waals surface area contributed by atoms with Crippen LogP contribution < -0.4 is 11.5 Å². The summed E-state index contributed by atoms with van der Waals surface area (Å²) in [7, 11) is 0. The monoisotopic (exact) mass is 249 g/mol. The van der Waals surface area contributed by atoms with Crippen LogP contribution in [0.25, 0.3) is 0 Å². The number of likely N-dealkylation sites (tertiary alicyclic amines) is 1. The third-order valence-corrected chi connectivity index (χ3v) is 3.55. The van der Waals surface area contributed by atoms with Crippen molar-refractivity contribution in [2.75, 3.05) is 25.4 Å². The van der Waals surface area contributed by atoms with E-state index in [-0.39, 0.29) is 12.0 Å². The molecular weight excluding hydrogens is 230 g/mol. The zero-order valence-corrected chi connectivity index (χ0v) is 10.2. The predicted octanol–water partition coefficient (Wildman–Crippen LogP) is 0.675. The summed E-state index contributed by atoms with van der Waals surface area (Å²) in [5.41, 5.74) is 13.3. The summed E-state index contributed by atoms with van der Waals surface area (Å²) in [6.45, 7) is 1.83. The third kappa shape index (κ3) is 2.63. The molecule has 2 atom stereocenters. The minimum absolute atomic E-state index is 0.0787. The number of anilines is 1. The second kappa shape index (κ2) is 5.37. The quantitative estimate of drug-likeness (QED) is 0.682. The largest absolute Gasteiger partial charge is 0.481 e. The second-order valence-electron chi connectivity index (χ2n) is 4.74. The Balaban J connectivity index is 2.10. The van der Waals surface area contributed by atoms with E-state index >= 15 is 0 Å². The van der Waals surface area contributed by atoms with Gasteiger partial charge in [0.15, 0.2) is 0 Å². The number of aliphatic carboxylic acids is 1. The standard InChI is InChI=1S/C13H19N3O2/c14-7-12(9-1-3-11(15)4-2-9)16-6-5-10(8-16)13(17)18/h1-4,10,12H,5-8,14-15H2,(H,17,18)/t10-,12+/m1/s1. The van der Waals surface area contributed by atoms with Crippen LogP contribution in [0, 0.1) is 5.92 Å². The molecule has 2 rings (SSSR count). The molecule has 1 heterocycles. The summed E-state index contributed by atoms with van der Waals surface area (Å²) in [6, 6.07) is 7.70. The van der Waals surface area contributed by atoms with Crippen molar-refractivity contribution in [3.63, 3.8) is 0 Å². The highest BCUT2D eigenvalue weighted by atomic mass is 16.4. The van der Waals surface area contributed by atoms with Gasteiger partial charge in [0, 0.05) is 24.8 Å². The average Bonchev–Trinajstić information content (AvgIpc) is 2.82. The Morgan fingerprint density at radius 2 is 2.11 bits per heavy atom. The number of carboxylic acids is 1. The highest BCUT2D eigenvalue weighted by molar-refractivity contribution is 5.70. The molecule has 0 aliphatic carbocycles. The first-order chi connectivity index (χ1) is 8.61. The van der Waals surface area contributed by atoms with Gasteiger partial charge in [-0.25, -0.2) is 0 Å². The van der Waals surface area contributed by atoms with Gasteiger partial charge in [-0.15, -0.1) is 0 Å². The van der Waals surface area contributed by atoms with Crippen molar-refractivity contribution < 1.29 is 9.90 Å². The lowest BCUT2D eigenvalue weighted by Gasteiger charge is -2.26. The molecule has 1 aliphatic rings. The van der Waals surface area contributed by atoms with Gasteiger partial charge in [0.2, 0.25) is 0 Å². The van der Waals surface area contributed by atoms with Crippen molar-refractivity contribution in [2.24, 2.45) is 11.7 Å². The number of carboxylic acid groups (broad SMARTS) is 1. The first-order valence-electron chi connectivity index (χ1n) is 6.14. The van der Waals surface area contributed by atoms with Crippen molar-refractivity contribution in [1.29, 1.82) is 0 Å². The normalized spacial score (nSPS) is 21.9. The molecule has 0 spiro atoms. The fourth-order valence-electron chi connectivity index (χ4n) is 2.49. The van der Waals surface area contributed by atoms with Crippen LogP contribution in [0.4, 0.5) is 5.69 Å². The Labute approximate surface area is 106 Å². The molecule has 1 fully saturated rings. The fourth-order valence-corrected chi connectivity index (χ4v) is 2.49. The first kappa shape index (κ1) is 12.9. The number of nitrogens with zero attached hydrogens (tertiary/aromatic N) is 1. The Hall–Kier alpha value is -1.59. The molecule has 0 amide bonds. The third-order valence-electron chi connectivity index (χ3n) is 3.55. The Morgan fingerprint density at radius 3 is 2.61 bits per heavy atom. The summed E-state index contributed by atoms with van der Waals surface area (Å²) in [6.07, 6.45) is 0.695. The Bertz CT molecular complexity index is 419. The first-order valence-corrected chi connectivity index (χ1v) is 6.14. The maximum absolute atomic E-state index is 11.0. The summed E-state index contributed by atoms with van der Waals surface area (Å²) in [5, 5.41) is 9.02. The molecule has 0 saturated carbocycles. The van der Waals surface area contributed by atoms with E-state index in [0.29, 0.717) is 19.5 Å². The molecule has 0 aromatic heterocycles. The number of benzene rings is 1. The van der Waals surface area contributed by atoms with E-state index in [1.807, 2.05) is 24.3 Å². The van der Waals surface area contributed by atoms with Crippen LogP contribution in [-0.2, 0) is 4.79 Å². The van der Waals surface area contributed by atoms with Crippen LogP contribution in [-0.4, -0.2) is 35.6 Å². The van der Waals surface area contributed by atoms with Crippen LogP contribution in [0.1, 0.15) is 18.0 Å². The minimum Gasteiger partial charge on any atom is -0.481 e. The topological polar surface area (TPSA) is 92.6 Å². The van der Waals surface area contributed by atoms with E-state index < -0.39 is 5.97 Å². The maximum atomic E-state index is 11.0. The Kier molecular flexibility index (Phi) is 3.84. The van der Waals surface area contributed by atoms with Crippen molar-refractivity contribution in [1.82, 2.24) is 4.90 Å². The lowest BCUT2D eigenvalue weighted by molar-refractivity contribution is -0.141. The van der Waals surface area contributed by atoms with Crippen molar-refractivity contribution in [2.45, 2.75) is 12.5 Å². The zero-order chi connectivity index (χ0) is 13.1. The Morgan fingerprint density at radius 1 is 1.44 bits per heavy atom. The van der Waals surface area contributed by atoms with Gasteiger partial charge in [-0.05, 0) is 30.7 Å². The molecule has 18 heavy (non-hydrogen) atoms. The molecule has 0 unspecified atom stereocenters. The predicted molar refractivity (Wildman–Crippen MR) is 70.0 cm³/mol. The lowest BCUT2D eigenvalue weighted by atomic mass is 10.1. The molecule has 1 saturated heterocycles. The molecule has 1 aliphatic heterocycles. The van der Waals surface area contributed by atoms with E-state index in [4.69, 9.17) is 16.6 Å². The summed E-state index contributed by atoms with van der Waals surface area (Å²) in [4.78, 5) is 13.1. The number of hydrogen-bond acceptors (Lipinski definition) is 4. The highest BCUT2D eigenvalue weighted by Crippen LogP contribution is 2.27. The van der Waals surface area contributed by atoms with E-state index in [9.17, 15) is 4.79 Å². The molecule has 98 valence electrons. The second-order valence-corrected chi connectivity index (χ2v) is 4.74. The van der Waals surface area contributed by atoms with Crippen molar-refractivity contribution >= 4 is 11.7 Å². The minimum atomic E-state index is -0.717. The number of hydrogen-bond donors (Lipinski definition) is 3. The van der Waals surface area contributed by atoms with Crippen LogP contribution in [0.5, 0.6) is 0 Å². The smallest absolute Gasteiger partial charge is 0.307 e. The van der Waals surface area contributed by atoms with Gasteiger partial charge in [-0.3, -0.25) is 9.69 Å². The molecule has 5 heteroatoms. The van der Waals surface area contributed by atoms with Crippen LogP contribution in [0.2, 0.25) is 0 Å². The molecular formula is C13H19N3O2. The van der Waals surface area contributed by atoms with E-state index in [0.717, 1.165) is 17.8 Å².